The van der Waals surface area contributed by atoms with Crippen LogP contribution in [0.25, 0.3) is 0 Å². The molecule has 2 aromatic carbocycles. The molecule has 1 aliphatic rings. The van der Waals surface area contributed by atoms with E-state index in [9.17, 15) is 17.6 Å². The second kappa shape index (κ2) is 10.6. The van der Waals surface area contributed by atoms with Crippen LogP contribution < -0.4 is 5.32 Å². The monoisotopic (exact) mass is 492 g/mol. The van der Waals surface area contributed by atoms with Crippen molar-refractivity contribution < 1.29 is 17.6 Å². The van der Waals surface area contributed by atoms with Gasteiger partial charge in [0.25, 0.3) is 0 Å². The van der Waals surface area contributed by atoms with E-state index in [1.807, 2.05) is 6.07 Å². The molecule has 1 heterocycles. The van der Waals surface area contributed by atoms with Crippen molar-refractivity contribution in [3.05, 3.63) is 64.4 Å². The normalized spacial score (nSPS) is 16.4. The van der Waals surface area contributed by atoms with E-state index in [2.05, 4.69) is 5.32 Å². The molecule has 1 unspecified atom stereocenters. The lowest BCUT2D eigenvalue weighted by Gasteiger charge is -2.31. The van der Waals surface area contributed by atoms with E-state index >= 15 is 0 Å². The average Bonchev–Trinajstić information content (AvgIpc) is 2.80. The topological polar surface area (TPSA) is 93.5 Å². The summed E-state index contributed by atoms with van der Waals surface area (Å²) < 4.78 is 41.5. The molecule has 1 fully saturated rings. The number of nitrogens with zero attached hydrogens (tertiary/aromatic N) is 3. The molecule has 1 amide bonds. The number of amides is 1. The highest BCUT2D eigenvalue weighted by molar-refractivity contribution is 7.89. The summed E-state index contributed by atoms with van der Waals surface area (Å²) in [4.78, 5) is 14.7. The summed E-state index contributed by atoms with van der Waals surface area (Å²) in [6.07, 6.45) is 0.767. The quantitative estimate of drug-likeness (QED) is 0.640. The Bertz CT molecular complexity index is 1120. The second-order valence-electron chi connectivity index (χ2n) is 8.17. The Hall–Kier alpha value is -2.51. The third-order valence-electron chi connectivity index (χ3n) is 5.87. The second-order valence-corrected chi connectivity index (χ2v) is 10.5. The van der Waals surface area contributed by atoms with Crippen LogP contribution in [0.5, 0.6) is 0 Å². The fourth-order valence-corrected chi connectivity index (χ4v) is 5.68. The molecule has 1 saturated heterocycles. The van der Waals surface area contributed by atoms with Crippen LogP contribution in [-0.4, -0.2) is 57.3 Å². The summed E-state index contributed by atoms with van der Waals surface area (Å²) >= 11 is 6.20. The number of hydrogen-bond donors (Lipinski definition) is 1. The molecule has 10 heteroatoms. The van der Waals surface area contributed by atoms with E-state index in [-0.39, 0.29) is 36.4 Å². The zero-order valence-electron chi connectivity index (χ0n) is 18.5. The van der Waals surface area contributed by atoms with Crippen LogP contribution >= 0.6 is 11.6 Å². The first-order valence-corrected chi connectivity index (χ1v) is 12.3. The number of nitriles is 1. The van der Waals surface area contributed by atoms with Crippen molar-refractivity contribution in [1.29, 1.82) is 5.26 Å². The summed E-state index contributed by atoms with van der Waals surface area (Å²) in [6, 6.07) is 11.8. The maximum atomic E-state index is 14.4. The minimum Gasteiger partial charge on any atom is -0.354 e. The molecule has 2 aromatic rings. The van der Waals surface area contributed by atoms with Gasteiger partial charge in [-0.05, 0) is 63.3 Å². The van der Waals surface area contributed by atoms with Crippen molar-refractivity contribution in [3.8, 4) is 6.07 Å². The van der Waals surface area contributed by atoms with Crippen LogP contribution in [-0.2, 0) is 14.8 Å². The van der Waals surface area contributed by atoms with Crippen LogP contribution in [0.2, 0.25) is 5.02 Å². The molecule has 176 valence electrons. The number of sulfonamides is 1. The Balaban J connectivity index is 1.60. The van der Waals surface area contributed by atoms with Crippen molar-refractivity contribution >= 4 is 27.5 Å². The van der Waals surface area contributed by atoms with Gasteiger partial charge in [-0.1, -0.05) is 17.7 Å². The van der Waals surface area contributed by atoms with Crippen molar-refractivity contribution in [3.63, 3.8) is 0 Å². The fourth-order valence-electron chi connectivity index (χ4n) is 3.92. The van der Waals surface area contributed by atoms with Gasteiger partial charge in [-0.25, -0.2) is 12.8 Å². The van der Waals surface area contributed by atoms with Gasteiger partial charge in [0.2, 0.25) is 15.9 Å². The van der Waals surface area contributed by atoms with Gasteiger partial charge >= 0.3 is 0 Å². The number of hydrogen-bond acceptors (Lipinski definition) is 5. The largest absolute Gasteiger partial charge is 0.354 e. The van der Waals surface area contributed by atoms with Gasteiger partial charge < -0.3 is 10.2 Å². The van der Waals surface area contributed by atoms with Gasteiger partial charge in [0.1, 0.15) is 5.82 Å². The molecule has 3 rings (SSSR count). The third-order valence-corrected chi connectivity index (χ3v) is 8.11. The summed E-state index contributed by atoms with van der Waals surface area (Å²) in [6.45, 7) is 0.615. The molecule has 1 atom stereocenters. The number of nitrogens with one attached hydrogen (secondary N) is 1. The standard InChI is InChI=1S/C23H26ClFN4O3S/c1-28(2)21(22-19(24)4-3-5-20(22)25)15-27-23(30)17-10-12-29(13-11-17)33(31,32)18-8-6-16(14-26)7-9-18/h3-9,17,21H,10-13,15H2,1-2H3,(H,27,30). The lowest BCUT2D eigenvalue weighted by molar-refractivity contribution is -0.126. The number of carbonyl (C=O) groups excluding carboxylic acids is 1. The molecule has 0 saturated carbocycles. The molecule has 33 heavy (non-hydrogen) atoms. The van der Waals surface area contributed by atoms with Gasteiger partial charge in [-0.3, -0.25) is 4.79 Å². The number of carbonyl (C=O) groups is 1. The highest BCUT2D eigenvalue weighted by Gasteiger charge is 2.32. The van der Waals surface area contributed by atoms with Crippen LogP contribution in [0.4, 0.5) is 4.39 Å². The van der Waals surface area contributed by atoms with Crippen molar-refractivity contribution in [2.24, 2.45) is 5.92 Å². The predicted octanol–water partition coefficient (Wildman–Crippen LogP) is 3.17. The highest BCUT2D eigenvalue weighted by Crippen LogP contribution is 2.29. The molecular formula is C23H26ClFN4O3S. The van der Waals surface area contributed by atoms with Gasteiger partial charge in [-0.15, -0.1) is 0 Å². The van der Waals surface area contributed by atoms with Gasteiger partial charge in [-0.2, -0.15) is 9.57 Å². The highest BCUT2D eigenvalue weighted by atomic mass is 35.5. The summed E-state index contributed by atoms with van der Waals surface area (Å²) in [7, 11) is -0.122. The van der Waals surface area contributed by atoms with Gasteiger partial charge in [0, 0.05) is 36.1 Å². The number of likely N-dealkylation sites (N-methyl/N-ethyl adjacent to an activating group) is 1. The van der Waals surface area contributed by atoms with E-state index in [0.29, 0.717) is 29.0 Å². The minimum atomic E-state index is -3.69. The van der Waals surface area contributed by atoms with E-state index in [1.54, 1.807) is 25.1 Å². The smallest absolute Gasteiger partial charge is 0.243 e. The van der Waals surface area contributed by atoms with Crippen molar-refractivity contribution in [2.45, 2.75) is 23.8 Å². The summed E-state index contributed by atoms with van der Waals surface area (Å²) in [5, 5.41) is 12.1. The Morgan fingerprint density at radius 2 is 1.88 bits per heavy atom. The van der Waals surface area contributed by atoms with E-state index in [0.717, 1.165) is 0 Å². The lowest BCUT2D eigenvalue weighted by atomic mass is 9.97. The van der Waals surface area contributed by atoms with Gasteiger partial charge in [0.15, 0.2) is 0 Å². The Labute approximate surface area is 198 Å². The molecular weight excluding hydrogens is 467 g/mol. The summed E-state index contributed by atoms with van der Waals surface area (Å²) in [5.41, 5.74) is 0.713. The number of rotatable bonds is 7. The molecule has 0 spiro atoms. The number of benzene rings is 2. The average molecular weight is 493 g/mol. The van der Waals surface area contributed by atoms with E-state index in [1.165, 1.54) is 40.7 Å². The maximum absolute atomic E-state index is 14.4. The van der Waals surface area contributed by atoms with E-state index in [4.69, 9.17) is 16.9 Å². The van der Waals surface area contributed by atoms with Crippen LogP contribution in [0.1, 0.15) is 30.0 Å². The molecule has 1 N–H and O–H groups in total. The Morgan fingerprint density at radius 3 is 2.42 bits per heavy atom. The van der Waals surface area contributed by atoms with E-state index < -0.39 is 21.9 Å². The van der Waals surface area contributed by atoms with Crippen LogP contribution in [0, 0.1) is 23.1 Å². The molecule has 7 nitrogen and oxygen atoms in total. The first-order valence-electron chi connectivity index (χ1n) is 10.5. The molecule has 0 aliphatic carbocycles. The first-order chi connectivity index (χ1) is 15.6. The van der Waals surface area contributed by atoms with Gasteiger partial charge in [0.05, 0.1) is 22.6 Å². The Morgan fingerprint density at radius 1 is 1.24 bits per heavy atom. The zero-order valence-corrected chi connectivity index (χ0v) is 20.0. The first kappa shape index (κ1) is 25.1. The molecule has 1 aliphatic heterocycles. The minimum absolute atomic E-state index is 0.125. The fraction of sp³-hybridized carbons (Fsp3) is 0.391. The number of piperidine rings is 1. The molecule has 0 bridgehead atoms. The number of halogens is 2. The third kappa shape index (κ3) is 5.71. The van der Waals surface area contributed by atoms with Crippen molar-refractivity contribution in [1.82, 2.24) is 14.5 Å². The van der Waals surface area contributed by atoms with Crippen molar-refractivity contribution in [2.75, 3.05) is 33.7 Å². The SMILES string of the molecule is CN(C)C(CNC(=O)C1CCN(S(=O)(=O)c2ccc(C#N)cc2)CC1)c1c(F)cccc1Cl. The maximum Gasteiger partial charge on any atom is 0.243 e. The Kier molecular flexibility index (Phi) is 8.08. The van der Waals surface area contributed by atoms with Crippen LogP contribution in [0.15, 0.2) is 47.4 Å². The summed E-state index contributed by atoms with van der Waals surface area (Å²) in [5.74, 6) is -0.960. The van der Waals surface area contributed by atoms with Crippen LogP contribution in [0.3, 0.4) is 0 Å². The zero-order chi connectivity index (χ0) is 24.2. The predicted molar refractivity (Wildman–Crippen MR) is 123 cm³/mol. The lowest BCUT2D eigenvalue weighted by Crippen LogP contribution is -2.44. The molecule has 0 radical (unpaired) electrons. The molecule has 0 aromatic heterocycles.